The molecule has 0 saturated carbocycles. The van der Waals surface area contributed by atoms with Crippen molar-refractivity contribution >= 4 is 0 Å². The Labute approximate surface area is 69.0 Å². The predicted octanol–water partition coefficient (Wildman–Crippen LogP) is 3.06. The highest BCUT2D eigenvalue weighted by Crippen LogP contribution is 2.16. The second-order valence-corrected chi connectivity index (χ2v) is 2.58. The van der Waals surface area contributed by atoms with Gasteiger partial charge in [-0.2, -0.15) is 0 Å². The maximum absolute atomic E-state index is 12.8. The van der Waals surface area contributed by atoms with Crippen LogP contribution < -0.4 is 0 Å². The van der Waals surface area contributed by atoms with Crippen LogP contribution in [0.5, 0.6) is 0 Å². The van der Waals surface area contributed by atoms with Gasteiger partial charge < -0.3 is 0 Å². The van der Waals surface area contributed by atoms with E-state index in [1.165, 1.54) is 6.07 Å². The lowest BCUT2D eigenvalue weighted by Crippen LogP contribution is -1.96. The van der Waals surface area contributed by atoms with E-state index < -0.39 is 17.5 Å². The normalized spacial score (nSPS) is 10.3. The fourth-order valence-electron chi connectivity index (χ4n) is 1.03. The number of rotatable bonds is 2. The van der Waals surface area contributed by atoms with Crippen LogP contribution in [0.3, 0.4) is 0 Å². The molecule has 0 aliphatic rings. The Morgan fingerprint density at radius 2 is 1.75 bits per heavy atom. The number of hydrogen-bond acceptors (Lipinski definition) is 0. The minimum atomic E-state index is -1.37. The largest absolute Gasteiger partial charge is 0.204 e. The summed E-state index contributed by atoms with van der Waals surface area (Å²) in [6.07, 6.45) is 1.14. The molecule has 1 rings (SSSR count). The van der Waals surface area contributed by atoms with Crippen molar-refractivity contribution in [1.29, 1.82) is 0 Å². The molecule has 0 radical (unpaired) electrons. The van der Waals surface area contributed by atoms with Crippen molar-refractivity contribution in [2.45, 2.75) is 19.8 Å². The van der Waals surface area contributed by atoms with Gasteiger partial charge in [0.15, 0.2) is 17.5 Å². The van der Waals surface area contributed by atoms with E-state index in [0.29, 0.717) is 12.8 Å². The fourth-order valence-corrected chi connectivity index (χ4v) is 1.03. The molecule has 0 atom stereocenters. The van der Waals surface area contributed by atoms with E-state index in [2.05, 4.69) is 0 Å². The van der Waals surface area contributed by atoms with Crippen molar-refractivity contribution in [1.82, 2.24) is 0 Å². The molecular formula is C9H9F3. The summed E-state index contributed by atoms with van der Waals surface area (Å²) in [6, 6.07) is 2.22. The first kappa shape index (κ1) is 9.10. The quantitative estimate of drug-likeness (QED) is 0.604. The smallest absolute Gasteiger partial charge is 0.194 e. The maximum atomic E-state index is 12.8. The van der Waals surface area contributed by atoms with E-state index >= 15 is 0 Å². The molecule has 0 spiro atoms. The van der Waals surface area contributed by atoms with Crippen LogP contribution in [0.4, 0.5) is 13.2 Å². The maximum Gasteiger partial charge on any atom is 0.194 e. The number of benzene rings is 1. The van der Waals surface area contributed by atoms with Crippen molar-refractivity contribution in [3.63, 3.8) is 0 Å². The molecule has 0 aliphatic heterocycles. The van der Waals surface area contributed by atoms with Crippen molar-refractivity contribution < 1.29 is 13.2 Å². The lowest BCUT2D eigenvalue weighted by Gasteiger charge is -2.01. The summed E-state index contributed by atoms with van der Waals surface area (Å²) in [6.45, 7) is 1.85. The molecule has 0 unspecified atom stereocenters. The molecule has 0 bridgehead atoms. The zero-order chi connectivity index (χ0) is 9.14. The molecule has 12 heavy (non-hydrogen) atoms. The molecule has 1 aromatic rings. The van der Waals surface area contributed by atoms with Gasteiger partial charge in [-0.05, 0) is 18.1 Å². The Bertz CT molecular complexity index is 281. The average molecular weight is 174 g/mol. The van der Waals surface area contributed by atoms with E-state index in [1.54, 1.807) is 0 Å². The molecule has 66 valence electrons. The highest BCUT2D eigenvalue weighted by atomic mass is 19.2. The third-order valence-electron chi connectivity index (χ3n) is 1.63. The Hall–Kier alpha value is -0.990. The Morgan fingerprint density at radius 3 is 2.33 bits per heavy atom. The Morgan fingerprint density at radius 1 is 1.08 bits per heavy atom. The van der Waals surface area contributed by atoms with Gasteiger partial charge in [0.25, 0.3) is 0 Å². The molecule has 0 aromatic heterocycles. The van der Waals surface area contributed by atoms with Crippen molar-refractivity contribution in [3.05, 3.63) is 35.1 Å². The minimum Gasteiger partial charge on any atom is -0.204 e. The molecule has 0 nitrogen and oxygen atoms in total. The van der Waals surface area contributed by atoms with Gasteiger partial charge >= 0.3 is 0 Å². The summed E-state index contributed by atoms with van der Waals surface area (Å²) in [7, 11) is 0. The molecule has 0 saturated heterocycles. The van der Waals surface area contributed by atoms with Gasteiger partial charge in [0.1, 0.15) is 0 Å². The molecule has 3 heteroatoms. The molecule has 1 aromatic carbocycles. The van der Waals surface area contributed by atoms with E-state index in [4.69, 9.17) is 0 Å². The predicted molar refractivity (Wildman–Crippen MR) is 40.3 cm³/mol. The first-order valence-corrected chi connectivity index (χ1v) is 3.79. The molecule has 0 heterocycles. The highest BCUT2D eigenvalue weighted by molar-refractivity contribution is 5.20. The minimum absolute atomic E-state index is 0.233. The van der Waals surface area contributed by atoms with E-state index in [1.807, 2.05) is 6.92 Å². The molecule has 0 amide bonds. The molecular weight excluding hydrogens is 165 g/mol. The number of hydrogen-bond donors (Lipinski definition) is 0. The van der Waals surface area contributed by atoms with Crippen molar-refractivity contribution in [2.75, 3.05) is 0 Å². The summed E-state index contributed by atoms with van der Waals surface area (Å²) in [5, 5.41) is 0. The number of aryl methyl sites for hydroxylation is 1. The molecule has 0 aliphatic carbocycles. The SMILES string of the molecule is CCCc1ccc(F)c(F)c1F. The lowest BCUT2D eigenvalue weighted by molar-refractivity contribution is 0.440. The first-order valence-electron chi connectivity index (χ1n) is 3.79. The second kappa shape index (κ2) is 3.61. The van der Waals surface area contributed by atoms with Crippen LogP contribution in [0.2, 0.25) is 0 Å². The van der Waals surface area contributed by atoms with Crippen LogP contribution in [-0.4, -0.2) is 0 Å². The van der Waals surface area contributed by atoms with E-state index in [9.17, 15) is 13.2 Å². The Balaban J connectivity index is 3.08. The molecule has 0 fully saturated rings. The summed E-state index contributed by atoms with van der Waals surface area (Å²) < 4.78 is 37.8. The summed E-state index contributed by atoms with van der Waals surface area (Å²) in [5.74, 6) is -3.56. The van der Waals surface area contributed by atoms with Gasteiger partial charge in [-0.1, -0.05) is 19.4 Å². The van der Waals surface area contributed by atoms with Gasteiger partial charge in [-0.15, -0.1) is 0 Å². The topological polar surface area (TPSA) is 0 Å². The van der Waals surface area contributed by atoms with Crippen molar-refractivity contribution in [2.24, 2.45) is 0 Å². The van der Waals surface area contributed by atoms with Crippen LogP contribution in [0.15, 0.2) is 12.1 Å². The van der Waals surface area contributed by atoms with Gasteiger partial charge in [-0.25, -0.2) is 13.2 Å². The fraction of sp³-hybridized carbons (Fsp3) is 0.333. The average Bonchev–Trinajstić information content (AvgIpc) is 2.07. The van der Waals surface area contributed by atoms with Gasteiger partial charge in [0.05, 0.1) is 0 Å². The highest BCUT2D eigenvalue weighted by Gasteiger charge is 2.11. The van der Waals surface area contributed by atoms with E-state index in [-0.39, 0.29) is 5.56 Å². The summed E-state index contributed by atoms with van der Waals surface area (Å²) >= 11 is 0. The van der Waals surface area contributed by atoms with Crippen molar-refractivity contribution in [3.8, 4) is 0 Å². The summed E-state index contributed by atoms with van der Waals surface area (Å²) in [5.41, 5.74) is 0.233. The van der Waals surface area contributed by atoms with Crippen LogP contribution in [-0.2, 0) is 6.42 Å². The van der Waals surface area contributed by atoms with Gasteiger partial charge in [0, 0.05) is 0 Å². The van der Waals surface area contributed by atoms with Crippen LogP contribution in [0, 0.1) is 17.5 Å². The third-order valence-corrected chi connectivity index (χ3v) is 1.63. The van der Waals surface area contributed by atoms with Gasteiger partial charge in [0.2, 0.25) is 0 Å². The van der Waals surface area contributed by atoms with E-state index in [0.717, 1.165) is 6.07 Å². The summed E-state index contributed by atoms with van der Waals surface area (Å²) in [4.78, 5) is 0. The monoisotopic (exact) mass is 174 g/mol. The lowest BCUT2D eigenvalue weighted by atomic mass is 10.1. The van der Waals surface area contributed by atoms with Gasteiger partial charge in [-0.3, -0.25) is 0 Å². The molecule has 0 N–H and O–H groups in total. The van der Waals surface area contributed by atoms with Crippen LogP contribution >= 0.6 is 0 Å². The Kier molecular flexibility index (Phi) is 2.74. The third kappa shape index (κ3) is 1.60. The zero-order valence-electron chi connectivity index (χ0n) is 6.70. The second-order valence-electron chi connectivity index (χ2n) is 2.58. The first-order chi connectivity index (χ1) is 5.66. The van der Waals surface area contributed by atoms with Crippen LogP contribution in [0.25, 0.3) is 0 Å². The standard InChI is InChI=1S/C9H9F3/c1-2-3-6-4-5-7(10)9(12)8(6)11/h4-5H,2-3H2,1H3. The zero-order valence-corrected chi connectivity index (χ0v) is 6.70. The van der Waals surface area contributed by atoms with Crippen LogP contribution in [0.1, 0.15) is 18.9 Å². The number of halogens is 3.